The zero-order chi connectivity index (χ0) is 13.0. The molecule has 0 aliphatic rings. The van der Waals surface area contributed by atoms with Crippen molar-refractivity contribution in [2.24, 2.45) is 0 Å². The minimum Gasteiger partial charge on any atom is -0.399 e. The number of hydrogen-bond donors (Lipinski definition) is 1. The van der Waals surface area contributed by atoms with Crippen LogP contribution in [0.15, 0.2) is 54.6 Å². The largest absolute Gasteiger partial charge is 0.399 e. The topological polar surface area (TPSA) is 46.3 Å². The maximum Gasteiger partial charge on any atom is 0.231 e. The van der Waals surface area contributed by atoms with Gasteiger partial charge in [-0.1, -0.05) is 30.3 Å². The van der Waals surface area contributed by atoms with Crippen molar-refractivity contribution in [3.63, 3.8) is 0 Å². The van der Waals surface area contributed by atoms with Gasteiger partial charge in [0.1, 0.15) is 0 Å². The molecule has 2 rings (SSSR count). The molecule has 0 aliphatic heterocycles. The first kappa shape index (κ1) is 12.2. The summed E-state index contributed by atoms with van der Waals surface area (Å²) in [5.74, 6) is 0.0611. The molecule has 0 saturated heterocycles. The van der Waals surface area contributed by atoms with E-state index in [-0.39, 0.29) is 5.91 Å². The molecule has 0 aliphatic carbocycles. The van der Waals surface area contributed by atoms with Crippen molar-refractivity contribution in [2.45, 2.75) is 6.42 Å². The van der Waals surface area contributed by atoms with Gasteiger partial charge in [-0.15, -0.1) is 0 Å². The first-order valence-electron chi connectivity index (χ1n) is 5.83. The Balaban J connectivity index is 2.07. The molecule has 2 aromatic rings. The van der Waals surface area contributed by atoms with E-state index in [0.717, 1.165) is 11.3 Å². The third-order valence-electron chi connectivity index (χ3n) is 2.85. The fourth-order valence-corrected chi connectivity index (χ4v) is 1.73. The molecule has 0 fully saturated rings. The van der Waals surface area contributed by atoms with Gasteiger partial charge >= 0.3 is 0 Å². The third kappa shape index (κ3) is 2.88. The summed E-state index contributed by atoms with van der Waals surface area (Å²) in [5.41, 5.74) is 8.19. The van der Waals surface area contributed by atoms with E-state index >= 15 is 0 Å². The molecule has 3 nitrogen and oxygen atoms in total. The molecule has 0 saturated carbocycles. The second-order valence-corrected chi connectivity index (χ2v) is 4.21. The molecule has 0 aromatic heterocycles. The fourth-order valence-electron chi connectivity index (χ4n) is 1.73. The Morgan fingerprint density at radius 3 is 2.28 bits per heavy atom. The first-order valence-corrected chi connectivity index (χ1v) is 5.83. The number of carbonyl (C=O) groups is 1. The number of nitrogen functional groups attached to an aromatic ring is 1. The van der Waals surface area contributed by atoms with Crippen molar-refractivity contribution in [1.82, 2.24) is 0 Å². The van der Waals surface area contributed by atoms with Gasteiger partial charge in [0.15, 0.2) is 0 Å². The SMILES string of the molecule is CN(C(=O)Cc1ccccc1)c1ccc(N)cc1. The number of carbonyl (C=O) groups excluding carboxylic acids is 1. The molecule has 2 aromatic carbocycles. The predicted octanol–water partition coefficient (Wildman–Crippen LogP) is 2.47. The molecule has 18 heavy (non-hydrogen) atoms. The number of rotatable bonds is 3. The standard InChI is InChI=1S/C15H16N2O/c1-17(14-9-7-13(16)8-10-14)15(18)11-12-5-3-2-4-6-12/h2-10H,11,16H2,1H3. The molecule has 0 heterocycles. The molecular weight excluding hydrogens is 224 g/mol. The van der Waals surface area contributed by atoms with E-state index in [0.29, 0.717) is 12.1 Å². The van der Waals surface area contributed by atoms with Gasteiger partial charge in [-0.2, -0.15) is 0 Å². The van der Waals surface area contributed by atoms with E-state index in [1.807, 2.05) is 42.5 Å². The quantitative estimate of drug-likeness (QED) is 0.838. The van der Waals surface area contributed by atoms with Crippen LogP contribution in [0.3, 0.4) is 0 Å². The molecular formula is C15H16N2O. The van der Waals surface area contributed by atoms with Crippen molar-refractivity contribution in [3.8, 4) is 0 Å². The zero-order valence-electron chi connectivity index (χ0n) is 10.3. The van der Waals surface area contributed by atoms with Gasteiger partial charge in [0.2, 0.25) is 5.91 Å². The van der Waals surface area contributed by atoms with Crippen LogP contribution >= 0.6 is 0 Å². The monoisotopic (exact) mass is 240 g/mol. The van der Waals surface area contributed by atoms with Crippen LogP contribution < -0.4 is 10.6 Å². The lowest BCUT2D eigenvalue weighted by Gasteiger charge is -2.17. The summed E-state index contributed by atoms with van der Waals surface area (Å²) in [4.78, 5) is 13.7. The van der Waals surface area contributed by atoms with E-state index in [9.17, 15) is 4.79 Å². The number of amides is 1. The predicted molar refractivity (Wildman–Crippen MR) is 74.4 cm³/mol. The Bertz CT molecular complexity index is 520. The van der Waals surface area contributed by atoms with Crippen molar-refractivity contribution in [2.75, 3.05) is 17.7 Å². The van der Waals surface area contributed by atoms with Gasteiger partial charge in [0, 0.05) is 18.4 Å². The molecule has 0 bridgehead atoms. The van der Waals surface area contributed by atoms with E-state index in [4.69, 9.17) is 5.73 Å². The van der Waals surface area contributed by atoms with Crippen LogP contribution in [-0.4, -0.2) is 13.0 Å². The highest BCUT2D eigenvalue weighted by Gasteiger charge is 2.11. The van der Waals surface area contributed by atoms with Gasteiger partial charge in [-0.25, -0.2) is 0 Å². The van der Waals surface area contributed by atoms with Gasteiger partial charge in [0.25, 0.3) is 0 Å². The summed E-state index contributed by atoms with van der Waals surface area (Å²) in [6, 6.07) is 17.0. The Morgan fingerprint density at radius 2 is 1.67 bits per heavy atom. The van der Waals surface area contributed by atoms with Crippen LogP contribution in [0.25, 0.3) is 0 Å². The molecule has 0 atom stereocenters. The Hall–Kier alpha value is -2.29. The Morgan fingerprint density at radius 1 is 1.06 bits per heavy atom. The maximum atomic E-state index is 12.1. The van der Waals surface area contributed by atoms with E-state index in [2.05, 4.69) is 0 Å². The Kier molecular flexibility index (Phi) is 3.63. The zero-order valence-corrected chi connectivity index (χ0v) is 10.3. The molecule has 2 N–H and O–H groups in total. The minimum absolute atomic E-state index is 0.0611. The molecule has 3 heteroatoms. The molecule has 0 radical (unpaired) electrons. The van der Waals surface area contributed by atoms with Crippen molar-refractivity contribution in [3.05, 3.63) is 60.2 Å². The van der Waals surface area contributed by atoms with E-state index < -0.39 is 0 Å². The second kappa shape index (κ2) is 5.36. The van der Waals surface area contributed by atoms with Gasteiger partial charge in [-0.05, 0) is 29.8 Å². The molecule has 92 valence electrons. The number of nitrogens with zero attached hydrogens (tertiary/aromatic N) is 1. The lowest BCUT2D eigenvalue weighted by molar-refractivity contribution is -0.117. The smallest absolute Gasteiger partial charge is 0.231 e. The second-order valence-electron chi connectivity index (χ2n) is 4.21. The van der Waals surface area contributed by atoms with Crippen molar-refractivity contribution >= 4 is 17.3 Å². The van der Waals surface area contributed by atoms with Gasteiger partial charge in [0.05, 0.1) is 6.42 Å². The summed E-state index contributed by atoms with van der Waals surface area (Å²) < 4.78 is 0. The van der Waals surface area contributed by atoms with Crippen molar-refractivity contribution in [1.29, 1.82) is 0 Å². The lowest BCUT2D eigenvalue weighted by Crippen LogP contribution is -2.27. The van der Waals surface area contributed by atoms with Crippen LogP contribution in [0.1, 0.15) is 5.56 Å². The summed E-state index contributed by atoms with van der Waals surface area (Å²) in [6.07, 6.45) is 0.404. The number of benzene rings is 2. The van der Waals surface area contributed by atoms with Crippen LogP contribution in [0.2, 0.25) is 0 Å². The number of anilines is 2. The molecule has 0 unspecified atom stereocenters. The van der Waals surface area contributed by atoms with Crippen LogP contribution in [0, 0.1) is 0 Å². The minimum atomic E-state index is 0.0611. The fraction of sp³-hybridized carbons (Fsp3) is 0.133. The third-order valence-corrected chi connectivity index (χ3v) is 2.85. The van der Waals surface area contributed by atoms with Crippen molar-refractivity contribution < 1.29 is 4.79 Å². The number of likely N-dealkylation sites (N-methyl/N-ethyl adjacent to an activating group) is 1. The molecule has 0 spiro atoms. The summed E-state index contributed by atoms with van der Waals surface area (Å²) >= 11 is 0. The van der Waals surface area contributed by atoms with Gasteiger partial charge < -0.3 is 10.6 Å². The first-order chi connectivity index (χ1) is 8.66. The van der Waals surface area contributed by atoms with E-state index in [1.165, 1.54) is 0 Å². The average molecular weight is 240 g/mol. The number of hydrogen-bond acceptors (Lipinski definition) is 2. The summed E-state index contributed by atoms with van der Waals surface area (Å²) in [5, 5.41) is 0. The molecule has 1 amide bonds. The van der Waals surface area contributed by atoms with Crippen LogP contribution in [-0.2, 0) is 11.2 Å². The summed E-state index contributed by atoms with van der Waals surface area (Å²) in [7, 11) is 1.77. The lowest BCUT2D eigenvalue weighted by atomic mass is 10.1. The Labute approximate surface area is 107 Å². The summed E-state index contributed by atoms with van der Waals surface area (Å²) in [6.45, 7) is 0. The highest BCUT2D eigenvalue weighted by molar-refractivity contribution is 5.94. The highest BCUT2D eigenvalue weighted by Crippen LogP contribution is 2.16. The van der Waals surface area contributed by atoms with Crippen LogP contribution in [0.4, 0.5) is 11.4 Å². The maximum absolute atomic E-state index is 12.1. The van der Waals surface area contributed by atoms with E-state index in [1.54, 1.807) is 24.1 Å². The van der Waals surface area contributed by atoms with Crippen LogP contribution in [0.5, 0.6) is 0 Å². The normalized spacial score (nSPS) is 10.1. The highest BCUT2D eigenvalue weighted by atomic mass is 16.2. The average Bonchev–Trinajstić information content (AvgIpc) is 2.40. The van der Waals surface area contributed by atoms with Gasteiger partial charge in [-0.3, -0.25) is 4.79 Å². The number of nitrogens with two attached hydrogens (primary N) is 1.